The lowest BCUT2D eigenvalue weighted by Gasteiger charge is -1.97. The fourth-order valence-electron chi connectivity index (χ4n) is 1.05. The molecule has 70 valence electrons. The molecule has 0 aromatic heterocycles. The second-order valence-corrected chi connectivity index (χ2v) is 3.67. The summed E-state index contributed by atoms with van der Waals surface area (Å²) in [6.45, 7) is 8.77. The van der Waals surface area contributed by atoms with Crippen molar-refractivity contribution in [1.29, 1.82) is 0 Å². The van der Waals surface area contributed by atoms with Gasteiger partial charge in [-0.15, -0.1) is 0 Å². The summed E-state index contributed by atoms with van der Waals surface area (Å²) in [5, 5.41) is 0. The number of hydrogen-bond donors (Lipinski definition) is 0. The van der Waals surface area contributed by atoms with Gasteiger partial charge in [-0.1, -0.05) is 36.6 Å². The molecule has 0 aromatic rings. The van der Waals surface area contributed by atoms with Crippen molar-refractivity contribution >= 4 is 0 Å². The molecule has 0 aliphatic carbocycles. The van der Waals surface area contributed by atoms with Gasteiger partial charge in [-0.05, 0) is 40.0 Å². The predicted octanol–water partition coefficient (Wildman–Crippen LogP) is 4.48. The molecule has 0 aliphatic rings. The van der Waals surface area contributed by atoms with Crippen molar-refractivity contribution in [3.05, 3.63) is 23.3 Å². The van der Waals surface area contributed by atoms with Gasteiger partial charge in [-0.3, -0.25) is 0 Å². The Morgan fingerprint density at radius 1 is 1.08 bits per heavy atom. The molecule has 0 radical (unpaired) electrons. The van der Waals surface area contributed by atoms with Gasteiger partial charge in [0.25, 0.3) is 0 Å². The third-order valence-corrected chi connectivity index (χ3v) is 1.92. The zero-order valence-electron chi connectivity index (χ0n) is 8.98. The topological polar surface area (TPSA) is 0 Å². The molecule has 0 atom stereocenters. The largest absolute Gasteiger partial charge is 0.0821 e. The molecular weight excluding hydrogens is 144 g/mol. The van der Waals surface area contributed by atoms with Crippen LogP contribution in [0.4, 0.5) is 0 Å². The molecular formula is C12H22. The third kappa shape index (κ3) is 7.59. The van der Waals surface area contributed by atoms with Crippen molar-refractivity contribution in [2.45, 2.75) is 53.4 Å². The van der Waals surface area contributed by atoms with Crippen LogP contribution in [0.2, 0.25) is 0 Å². The normalized spacial score (nSPS) is 11.5. The van der Waals surface area contributed by atoms with Crippen molar-refractivity contribution in [3.8, 4) is 0 Å². The molecule has 12 heavy (non-hydrogen) atoms. The van der Waals surface area contributed by atoms with Gasteiger partial charge in [0.05, 0.1) is 0 Å². The molecule has 0 saturated heterocycles. The maximum absolute atomic E-state index is 2.34. The summed E-state index contributed by atoms with van der Waals surface area (Å²) in [7, 11) is 0. The minimum atomic E-state index is 1.11. The highest BCUT2D eigenvalue weighted by Crippen LogP contribution is 2.07. The second-order valence-electron chi connectivity index (χ2n) is 3.67. The summed E-state index contributed by atoms with van der Waals surface area (Å²) in [4.78, 5) is 0. The zero-order chi connectivity index (χ0) is 9.40. The SMILES string of the molecule is CCCCC(C)=CCC=C(C)C. The average Bonchev–Trinajstić information content (AvgIpc) is 2.00. The monoisotopic (exact) mass is 166 g/mol. The van der Waals surface area contributed by atoms with Crippen molar-refractivity contribution in [2.24, 2.45) is 0 Å². The van der Waals surface area contributed by atoms with Crippen LogP contribution in [0.1, 0.15) is 53.4 Å². The molecule has 0 heterocycles. The van der Waals surface area contributed by atoms with E-state index in [1.54, 1.807) is 0 Å². The van der Waals surface area contributed by atoms with Gasteiger partial charge in [-0.25, -0.2) is 0 Å². The third-order valence-electron chi connectivity index (χ3n) is 1.92. The van der Waals surface area contributed by atoms with Crippen molar-refractivity contribution in [3.63, 3.8) is 0 Å². The predicted molar refractivity (Wildman–Crippen MR) is 57.3 cm³/mol. The molecule has 0 spiro atoms. The highest BCUT2D eigenvalue weighted by Gasteiger charge is 1.87. The lowest BCUT2D eigenvalue weighted by Crippen LogP contribution is -1.77. The molecule has 0 fully saturated rings. The maximum atomic E-state index is 2.34. The van der Waals surface area contributed by atoms with E-state index in [4.69, 9.17) is 0 Å². The van der Waals surface area contributed by atoms with Gasteiger partial charge in [0.15, 0.2) is 0 Å². The van der Waals surface area contributed by atoms with Crippen molar-refractivity contribution in [1.82, 2.24) is 0 Å². The van der Waals surface area contributed by atoms with Crippen LogP contribution in [0.25, 0.3) is 0 Å². The van der Waals surface area contributed by atoms with Crippen LogP contribution in [0.5, 0.6) is 0 Å². The van der Waals surface area contributed by atoms with Gasteiger partial charge in [0, 0.05) is 0 Å². The first kappa shape index (κ1) is 11.5. The Morgan fingerprint density at radius 2 is 1.75 bits per heavy atom. The Kier molecular flexibility index (Phi) is 6.84. The second kappa shape index (κ2) is 7.15. The smallest absolute Gasteiger partial charge is 0.0164 e. The van der Waals surface area contributed by atoms with E-state index in [0.29, 0.717) is 0 Å². The van der Waals surface area contributed by atoms with Crippen LogP contribution in [-0.2, 0) is 0 Å². The van der Waals surface area contributed by atoms with Gasteiger partial charge in [0.2, 0.25) is 0 Å². The van der Waals surface area contributed by atoms with E-state index in [-0.39, 0.29) is 0 Å². The Bertz CT molecular complexity index is 157. The van der Waals surface area contributed by atoms with Gasteiger partial charge >= 0.3 is 0 Å². The van der Waals surface area contributed by atoms with Crippen LogP contribution < -0.4 is 0 Å². The van der Waals surface area contributed by atoms with E-state index < -0.39 is 0 Å². The Hall–Kier alpha value is -0.520. The summed E-state index contributed by atoms with van der Waals surface area (Å²) in [5.41, 5.74) is 2.95. The van der Waals surface area contributed by atoms with Crippen LogP contribution in [0.3, 0.4) is 0 Å². The highest BCUT2D eigenvalue weighted by atomic mass is 13.9. The first-order valence-electron chi connectivity index (χ1n) is 4.95. The van der Waals surface area contributed by atoms with Gasteiger partial charge < -0.3 is 0 Å². The minimum absolute atomic E-state index is 1.11. The van der Waals surface area contributed by atoms with E-state index in [0.717, 1.165) is 6.42 Å². The highest BCUT2D eigenvalue weighted by molar-refractivity contribution is 5.04. The fourth-order valence-corrected chi connectivity index (χ4v) is 1.05. The minimum Gasteiger partial charge on any atom is -0.0821 e. The zero-order valence-corrected chi connectivity index (χ0v) is 8.98. The summed E-state index contributed by atoms with van der Waals surface area (Å²) >= 11 is 0. The lowest BCUT2D eigenvalue weighted by atomic mass is 10.1. The molecule has 0 unspecified atom stereocenters. The molecule has 0 bridgehead atoms. The summed E-state index contributed by atoms with van der Waals surface area (Å²) < 4.78 is 0. The van der Waals surface area contributed by atoms with Crippen molar-refractivity contribution < 1.29 is 0 Å². The molecule has 0 saturated carbocycles. The number of allylic oxidation sites excluding steroid dienone is 4. The summed E-state index contributed by atoms with van der Waals surface area (Å²) in [6.07, 6.45) is 9.62. The summed E-state index contributed by atoms with van der Waals surface area (Å²) in [5.74, 6) is 0. The Morgan fingerprint density at radius 3 is 2.25 bits per heavy atom. The van der Waals surface area contributed by atoms with E-state index in [9.17, 15) is 0 Å². The number of rotatable bonds is 5. The average molecular weight is 166 g/mol. The van der Waals surface area contributed by atoms with E-state index >= 15 is 0 Å². The number of hydrogen-bond acceptors (Lipinski definition) is 0. The maximum Gasteiger partial charge on any atom is -0.0164 e. The van der Waals surface area contributed by atoms with Crippen molar-refractivity contribution in [2.75, 3.05) is 0 Å². The molecule has 0 rings (SSSR count). The van der Waals surface area contributed by atoms with Gasteiger partial charge in [0.1, 0.15) is 0 Å². The van der Waals surface area contributed by atoms with Crippen LogP contribution in [0, 0.1) is 0 Å². The Labute approximate surface area is 77.4 Å². The molecule has 0 heteroatoms. The first-order valence-corrected chi connectivity index (χ1v) is 4.95. The molecule has 0 N–H and O–H groups in total. The van der Waals surface area contributed by atoms with Crippen LogP contribution in [-0.4, -0.2) is 0 Å². The van der Waals surface area contributed by atoms with E-state index in [2.05, 4.69) is 39.8 Å². The van der Waals surface area contributed by atoms with Crippen LogP contribution >= 0.6 is 0 Å². The van der Waals surface area contributed by atoms with Gasteiger partial charge in [-0.2, -0.15) is 0 Å². The lowest BCUT2D eigenvalue weighted by molar-refractivity contribution is 0.785. The van der Waals surface area contributed by atoms with Crippen LogP contribution in [0.15, 0.2) is 23.3 Å². The standard InChI is InChI=1S/C12H22/c1-5-6-9-12(4)10-7-8-11(2)3/h8,10H,5-7,9H2,1-4H3. The fraction of sp³-hybridized carbons (Fsp3) is 0.667. The Balaban J connectivity index is 3.61. The summed E-state index contributed by atoms with van der Waals surface area (Å²) in [6, 6.07) is 0. The first-order chi connectivity index (χ1) is 5.66. The quantitative estimate of drug-likeness (QED) is 0.528. The molecule has 0 aliphatic heterocycles. The van der Waals surface area contributed by atoms with E-state index in [1.807, 2.05) is 0 Å². The number of unbranched alkanes of at least 4 members (excludes halogenated alkanes) is 1. The molecule has 0 amide bonds. The molecule has 0 aromatic carbocycles. The molecule has 0 nitrogen and oxygen atoms in total. The van der Waals surface area contributed by atoms with E-state index in [1.165, 1.54) is 30.4 Å².